The first kappa shape index (κ1) is 7.65. The van der Waals surface area contributed by atoms with Crippen molar-refractivity contribution in [3.63, 3.8) is 0 Å². The third-order valence-corrected chi connectivity index (χ3v) is 1.50. The second-order valence-corrected chi connectivity index (χ2v) is 2.45. The molecule has 0 unspecified atom stereocenters. The zero-order valence-electron chi connectivity index (χ0n) is 4.57. The fourth-order valence-corrected chi connectivity index (χ4v) is 0.922. The molecule has 1 heterocycles. The van der Waals surface area contributed by atoms with Crippen LogP contribution in [0.3, 0.4) is 0 Å². The van der Waals surface area contributed by atoms with Gasteiger partial charge in [0.2, 0.25) is 5.76 Å². The summed E-state index contributed by atoms with van der Waals surface area (Å²) >= 11 is 2.69. The van der Waals surface area contributed by atoms with E-state index in [9.17, 15) is 13.2 Å². The maximum atomic E-state index is 11.8. The Morgan fingerprint density at radius 3 is 2.20 bits per heavy atom. The quantitative estimate of drug-likeness (QED) is 0.648. The van der Waals surface area contributed by atoms with Crippen LogP contribution in [0, 0.1) is 0 Å². The third kappa shape index (κ3) is 1.34. The second-order valence-electron chi connectivity index (χ2n) is 1.60. The SMILES string of the molecule is FC(F)(F)c1occc1Br. The van der Waals surface area contributed by atoms with Crippen LogP contribution >= 0.6 is 15.9 Å². The molecule has 0 amide bonds. The molecule has 0 aliphatic rings. The van der Waals surface area contributed by atoms with Gasteiger partial charge in [-0.2, -0.15) is 13.2 Å². The molecule has 0 saturated heterocycles. The van der Waals surface area contributed by atoms with E-state index in [2.05, 4.69) is 20.3 Å². The molecule has 0 aromatic carbocycles. The van der Waals surface area contributed by atoms with Crippen molar-refractivity contribution < 1.29 is 17.6 Å². The summed E-state index contributed by atoms with van der Waals surface area (Å²) in [5, 5.41) is 0. The lowest BCUT2D eigenvalue weighted by Gasteiger charge is -2.00. The number of hydrogen-bond donors (Lipinski definition) is 0. The molecular formula is C5H2BrF3O. The zero-order chi connectivity index (χ0) is 7.78. The van der Waals surface area contributed by atoms with Crippen molar-refractivity contribution in [3.05, 3.63) is 22.6 Å². The van der Waals surface area contributed by atoms with Crippen molar-refractivity contribution in [3.8, 4) is 0 Å². The molecule has 0 saturated carbocycles. The molecule has 0 aliphatic heterocycles. The number of hydrogen-bond acceptors (Lipinski definition) is 1. The lowest BCUT2D eigenvalue weighted by atomic mass is 10.4. The van der Waals surface area contributed by atoms with Gasteiger partial charge in [-0.15, -0.1) is 0 Å². The maximum absolute atomic E-state index is 11.8. The number of halogens is 4. The van der Waals surface area contributed by atoms with Gasteiger partial charge in [-0.25, -0.2) is 0 Å². The summed E-state index contributed by atoms with van der Waals surface area (Å²) in [6, 6.07) is 1.20. The van der Waals surface area contributed by atoms with E-state index in [0.717, 1.165) is 6.26 Å². The van der Waals surface area contributed by atoms with Gasteiger partial charge in [-0.05, 0) is 22.0 Å². The highest BCUT2D eigenvalue weighted by Gasteiger charge is 2.36. The Balaban J connectivity index is 3.05. The van der Waals surface area contributed by atoms with Gasteiger partial charge < -0.3 is 4.42 Å². The summed E-state index contributed by atoms with van der Waals surface area (Å²) in [5.41, 5.74) is 0. The Hall–Kier alpha value is -0.450. The molecule has 0 N–H and O–H groups in total. The first-order valence-electron chi connectivity index (χ1n) is 2.32. The van der Waals surface area contributed by atoms with E-state index in [1.54, 1.807) is 0 Å². The summed E-state index contributed by atoms with van der Waals surface area (Å²) in [5.74, 6) is -0.993. The van der Waals surface area contributed by atoms with Crippen LogP contribution in [-0.4, -0.2) is 0 Å². The summed E-state index contributed by atoms with van der Waals surface area (Å²) in [6.45, 7) is 0. The van der Waals surface area contributed by atoms with Crippen molar-refractivity contribution in [2.75, 3.05) is 0 Å². The highest BCUT2D eigenvalue weighted by molar-refractivity contribution is 9.10. The van der Waals surface area contributed by atoms with E-state index in [1.165, 1.54) is 6.07 Å². The minimum atomic E-state index is -4.40. The van der Waals surface area contributed by atoms with Crippen molar-refractivity contribution >= 4 is 15.9 Å². The highest BCUT2D eigenvalue weighted by Crippen LogP contribution is 2.34. The van der Waals surface area contributed by atoms with E-state index < -0.39 is 11.9 Å². The van der Waals surface area contributed by atoms with Gasteiger partial charge in [0.05, 0.1) is 10.7 Å². The topological polar surface area (TPSA) is 13.1 Å². The Labute approximate surface area is 63.0 Å². The predicted octanol–water partition coefficient (Wildman–Crippen LogP) is 3.06. The molecule has 5 heteroatoms. The van der Waals surface area contributed by atoms with Crippen molar-refractivity contribution in [1.29, 1.82) is 0 Å². The summed E-state index contributed by atoms with van der Waals surface area (Å²) in [4.78, 5) is 0. The molecule has 0 bridgehead atoms. The van der Waals surface area contributed by atoms with Crippen molar-refractivity contribution in [1.82, 2.24) is 0 Å². The van der Waals surface area contributed by atoms with Gasteiger partial charge in [0.1, 0.15) is 0 Å². The van der Waals surface area contributed by atoms with E-state index >= 15 is 0 Å². The molecule has 0 atom stereocenters. The fourth-order valence-electron chi connectivity index (χ4n) is 0.496. The van der Waals surface area contributed by atoms with Gasteiger partial charge in [0, 0.05) is 0 Å². The molecule has 1 aromatic rings. The van der Waals surface area contributed by atoms with Gasteiger partial charge in [0.25, 0.3) is 0 Å². The molecule has 0 spiro atoms. The average Bonchev–Trinajstić information content (AvgIpc) is 2.11. The van der Waals surface area contributed by atoms with Crippen molar-refractivity contribution in [2.24, 2.45) is 0 Å². The van der Waals surface area contributed by atoms with Crippen LogP contribution in [0.1, 0.15) is 5.76 Å². The normalized spacial score (nSPS) is 12.0. The van der Waals surface area contributed by atoms with Crippen LogP contribution in [0.2, 0.25) is 0 Å². The third-order valence-electron chi connectivity index (χ3n) is 0.875. The fraction of sp³-hybridized carbons (Fsp3) is 0.200. The van der Waals surface area contributed by atoms with Gasteiger partial charge in [-0.1, -0.05) is 0 Å². The Morgan fingerprint density at radius 2 is 2.00 bits per heavy atom. The lowest BCUT2D eigenvalue weighted by molar-refractivity contribution is -0.153. The minimum absolute atomic E-state index is 0.0694. The van der Waals surface area contributed by atoms with Crippen LogP contribution in [0.5, 0.6) is 0 Å². The molecule has 1 nitrogen and oxygen atoms in total. The Morgan fingerprint density at radius 1 is 1.40 bits per heavy atom. The van der Waals surface area contributed by atoms with Crippen LogP contribution in [0.25, 0.3) is 0 Å². The van der Waals surface area contributed by atoms with Crippen molar-refractivity contribution in [2.45, 2.75) is 6.18 Å². The Bertz CT molecular complexity index is 227. The highest BCUT2D eigenvalue weighted by atomic mass is 79.9. The molecule has 1 rings (SSSR count). The maximum Gasteiger partial charge on any atom is 0.450 e. The standard InChI is InChI=1S/C5H2BrF3O/c6-3-1-2-10-4(3)5(7,8)9/h1-2H. The first-order valence-corrected chi connectivity index (χ1v) is 3.11. The van der Waals surface area contributed by atoms with E-state index in [4.69, 9.17) is 0 Å². The first-order chi connectivity index (χ1) is 4.52. The molecular weight excluding hydrogens is 213 g/mol. The van der Waals surface area contributed by atoms with E-state index in [1.807, 2.05) is 0 Å². The number of rotatable bonds is 0. The van der Waals surface area contributed by atoms with Gasteiger partial charge in [0.15, 0.2) is 0 Å². The van der Waals surface area contributed by atoms with Crippen LogP contribution in [-0.2, 0) is 6.18 Å². The molecule has 0 radical (unpaired) electrons. The largest absolute Gasteiger partial charge is 0.459 e. The lowest BCUT2D eigenvalue weighted by Crippen LogP contribution is -2.03. The molecule has 1 aromatic heterocycles. The summed E-state index contributed by atoms with van der Waals surface area (Å²) < 4.78 is 39.4. The Kier molecular flexibility index (Phi) is 1.76. The van der Waals surface area contributed by atoms with Crippen LogP contribution < -0.4 is 0 Å². The zero-order valence-corrected chi connectivity index (χ0v) is 6.16. The molecule has 56 valence electrons. The van der Waals surface area contributed by atoms with Crippen LogP contribution in [0.4, 0.5) is 13.2 Å². The molecule has 0 fully saturated rings. The summed E-state index contributed by atoms with van der Waals surface area (Å²) in [6.07, 6.45) is -3.42. The predicted molar refractivity (Wildman–Crippen MR) is 31.4 cm³/mol. The van der Waals surface area contributed by atoms with E-state index in [-0.39, 0.29) is 4.47 Å². The van der Waals surface area contributed by atoms with E-state index in [0.29, 0.717) is 0 Å². The second kappa shape index (κ2) is 2.30. The number of furan rings is 1. The molecule has 10 heavy (non-hydrogen) atoms. The monoisotopic (exact) mass is 214 g/mol. The number of alkyl halides is 3. The minimum Gasteiger partial charge on any atom is -0.459 e. The van der Waals surface area contributed by atoms with Gasteiger partial charge in [-0.3, -0.25) is 0 Å². The average molecular weight is 215 g/mol. The molecule has 0 aliphatic carbocycles. The smallest absolute Gasteiger partial charge is 0.450 e. The van der Waals surface area contributed by atoms with Gasteiger partial charge >= 0.3 is 6.18 Å². The van der Waals surface area contributed by atoms with Crippen LogP contribution in [0.15, 0.2) is 21.2 Å². The summed E-state index contributed by atoms with van der Waals surface area (Å²) in [7, 11) is 0.